The lowest BCUT2D eigenvalue weighted by Crippen LogP contribution is -2.49. The average Bonchev–Trinajstić information content (AvgIpc) is 3.05. The van der Waals surface area contributed by atoms with Crippen LogP contribution in [-0.4, -0.2) is 58.1 Å². The Morgan fingerprint density at radius 3 is 2.19 bits per heavy atom. The molecule has 180 valence electrons. The highest BCUT2D eigenvalue weighted by Crippen LogP contribution is 2.45. The lowest BCUT2D eigenvalue weighted by Gasteiger charge is -2.39. The van der Waals surface area contributed by atoms with E-state index < -0.39 is 53.0 Å². The summed E-state index contributed by atoms with van der Waals surface area (Å²) in [6.45, 7) is 12.0. The van der Waals surface area contributed by atoms with Gasteiger partial charge in [0.25, 0.3) is 0 Å². The summed E-state index contributed by atoms with van der Waals surface area (Å²) >= 11 is 0. The molecule has 0 aromatic carbocycles. The summed E-state index contributed by atoms with van der Waals surface area (Å²) in [5.41, 5.74) is -2.76. The molecule has 0 spiro atoms. The molecule has 4 bridgehead atoms. The first-order valence-electron chi connectivity index (χ1n) is 11.4. The van der Waals surface area contributed by atoms with E-state index in [2.05, 4.69) is 6.58 Å². The van der Waals surface area contributed by atoms with Crippen molar-refractivity contribution in [1.82, 2.24) is 0 Å². The normalized spacial score (nSPS) is 42.7. The van der Waals surface area contributed by atoms with Gasteiger partial charge < -0.3 is 24.1 Å². The molecule has 3 heterocycles. The minimum Gasteiger partial charge on any atom is -0.459 e. The molecule has 3 aliphatic rings. The zero-order valence-corrected chi connectivity index (χ0v) is 19.8. The number of carbonyl (C=O) groups excluding carboxylic acids is 3. The first kappa shape index (κ1) is 24.7. The number of fused-ring (bicyclic) bond motifs is 5. The van der Waals surface area contributed by atoms with Gasteiger partial charge in [0.1, 0.15) is 23.4 Å². The van der Waals surface area contributed by atoms with E-state index in [0.717, 1.165) is 0 Å². The highest BCUT2D eigenvalue weighted by atomic mass is 16.6. The molecule has 0 unspecified atom stereocenters. The number of rotatable bonds is 2. The lowest BCUT2D eigenvalue weighted by molar-refractivity contribution is -0.191. The van der Waals surface area contributed by atoms with Crippen LogP contribution in [0.15, 0.2) is 12.2 Å². The molecule has 0 saturated carbocycles. The molecule has 0 aliphatic carbocycles. The van der Waals surface area contributed by atoms with E-state index in [4.69, 9.17) is 18.9 Å². The Hall–Kier alpha value is -1.93. The SMILES string of the molecule is C=C1C(=O)O[C@]2(C)CC[C@@H]1C[C@H](OC(C)=O)[C@@]1(C)CC[C@H](O1)[C@](C)(O)CC[C@H]2OC(C)=O. The van der Waals surface area contributed by atoms with E-state index in [-0.39, 0.29) is 12.3 Å². The third-order valence-corrected chi connectivity index (χ3v) is 7.47. The zero-order valence-electron chi connectivity index (χ0n) is 19.8. The summed E-state index contributed by atoms with van der Waals surface area (Å²) in [6, 6.07) is 0. The topological polar surface area (TPSA) is 108 Å². The lowest BCUT2D eigenvalue weighted by atomic mass is 9.79. The van der Waals surface area contributed by atoms with Crippen molar-refractivity contribution in [2.75, 3.05) is 0 Å². The van der Waals surface area contributed by atoms with Gasteiger partial charge >= 0.3 is 17.9 Å². The van der Waals surface area contributed by atoms with Crippen molar-refractivity contribution in [2.24, 2.45) is 5.92 Å². The number of carbonyl (C=O) groups is 3. The smallest absolute Gasteiger partial charge is 0.334 e. The fourth-order valence-corrected chi connectivity index (χ4v) is 5.31. The summed E-state index contributed by atoms with van der Waals surface area (Å²) in [7, 11) is 0. The Kier molecular flexibility index (Phi) is 6.78. The van der Waals surface area contributed by atoms with Crippen molar-refractivity contribution in [1.29, 1.82) is 0 Å². The monoisotopic (exact) mass is 452 g/mol. The van der Waals surface area contributed by atoms with Crippen LogP contribution in [-0.2, 0) is 33.3 Å². The van der Waals surface area contributed by atoms with Crippen LogP contribution in [0.2, 0.25) is 0 Å². The van der Waals surface area contributed by atoms with Crippen molar-refractivity contribution in [3.05, 3.63) is 12.2 Å². The maximum absolute atomic E-state index is 12.9. The standard InChI is InChI=1S/C24H36O8/c1-14-17-7-11-23(5,32-21(14)27)19(29-15(2)25)8-10-22(4,28)18-9-12-24(6,31-18)20(13-17)30-16(3)26/h17-20,28H,1,7-13H2,2-6H3/t17-,18+,19-,20+,22-,23-,24-/m1/s1. The molecule has 7 atom stereocenters. The van der Waals surface area contributed by atoms with Crippen molar-refractivity contribution >= 4 is 17.9 Å². The van der Waals surface area contributed by atoms with E-state index in [0.29, 0.717) is 44.1 Å². The van der Waals surface area contributed by atoms with Gasteiger partial charge in [-0.1, -0.05) is 6.58 Å². The molecule has 1 N–H and O–H groups in total. The van der Waals surface area contributed by atoms with Crippen molar-refractivity contribution < 1.29 is 38.4 Å². The van der Waals surface area contributed by atoms with E-state index >= 15 is 0 Å². The van der Waals surface area contributed by atoms with E-state index in [1.165, 1.54) is 13.8 Å². The quantitative estimate of drug-likeness (QED) is 0.387. The molecule has 32 heavy (non-hydrogen) atoms. The molecule has 3 aliphatic heterocycles. The van der Waals surface area contributed by atoms with Crippen LogP contribution in [0.25, 0.3) is 0 Å². The molecule has 3 saturated heterocycles. The summed E-state index contributed by atoms with van der Waals surface area (Å²) < 4.78 is 23.5. The number of aliphatic hydroxyl groups is 1. The minimum atomic E-state index is -1.21. The van der Waals surface area contributed by atoms with Gasteiger partial charge in [-0.05, 0) is 71.6 Å². The highest BCUT2D eigenvalue weighted by Gasteiger charge is 2.53. The highest BCUT2D eigenvalue weighted by molar-refractivity contribution is 5.89. The fourth-order valence-electron chi connectivity index (χ4n) is 5.31. The van der Waals surface area contributed by atoms with Crippen molar-refractivity contribution in [2.45, 2.75) is 115 Å². The van der Waals surface area contributed by atoms with Gasteiger partial charge in [-0.25, -0.2) is 4.79 Å². The largest absolute Gasteiger partial charge is 0.459 e. The van der Waals surface area contributed by atoms with Gasteiger partial charge in [-0.2, -0.15) is 0 Å². The zero-order chi connectivity index (χ0) is 23.9. The number of hydrogen-bond donors (Lipinski definition) is 1. The van der Waals surface area contributed by atoms with Gasteiger partial charge in [0.2, 0.25) is 0 Å². The van der Waals surface area contributed by atoms with E-state index in [1.54, 1.807) is 13.8 Å². The van der Waals surface area contributed by atoms with E-state index in [1.807, 2.05) is 6.92 Å². The molecule has 0 amide bonds. The Morgan fingerprint density at radius 1 is 0.969 bits per heavy atom. The summed E-state index contributed by atoms with van der Waals surface area (Å²) in [6.07, 6.45) is 1.32. The summed E-state index contributed by atoms with van der Waals surface area (Å²) in [4.78, 5) is 36.7. The van der Waals surface area contributed by atoms with Gasteiger partial charge in [-0.3, -0.25) is 9.59 Å². The second-order valence-electron chi connectivity index (χ2n) is 10.2. The predicted octanol–water partition coefficient (Wildman–Crippen LogP) is 2.99. The molecule has 3 fully saturated rings. The second kappa shape index (κ2) is 8.78. The molecule has 8 nitrogen and oxygen atoms in total. The number of esters is 3. The number of ether oxygens (including phenoxy) is 4. The molecule has 8 heteroatoms. The predicted molar refractivity (Wildman–Crippen MR) is 114 cm³/mol. The van der Waals surface area contributed by atoms with Crippen molar-refractivity contribution in [3.8, 4) is 0 Å². The maximum atomic E-state index is 12.9. The molecular weight excluding hydrogens is 416 g/mol. The molecule has 0 aromatic rings. The van der Waals surface area contributed by atoms with Crippen LogP contribution < -0.4 is 0 Å². The van der Waals surface area contributed by atoms with Crippen LogP contribution in [0.5, 0.6) is 0 Å². The minimum absolute atomic E-state index is 0.279. The van der Waals surface area contributed by atoms with Gasteiger partial charge in [0.05, 0.1) is 11.7 Å². The average molecular weight is 453 g/mol. The third kappa shape index (κ3) is 5.01. The molecule has 0 radical (unpaired) electrons. The second-order valence-corrected chi connectivity index (χ2v) is 10.2. The Balaban J connectivity index is 2.04. The Bertz CT molecular complexity index is 789. The Morgan fingerprint density at radius 2 is 1.56 bits per heavy atom. The van der Waals surface area contributed by atoms with Crippen LogP contribution in [0, 0.1) is 5.92 Å². The molecular formula is C24H36O8. The molecule has 0 aromatic heterocycles. The summed E-state index contributed by atoms with van der Waals surface area (Å²) in [5, 5.41) is 11.3. The van der Waals surface area contributed by atoms with Gasteiger partial charge in [0, 0.05) is 19.4 Å². The van der Waals surface area contributed by atoms with E-state index in [9.17, 15) is 19.5 Å². The fraction of sp³-hybridized carbons (Fsp3) is 0.792. The van der Waals surface area contributed by atoms with Crippen LogP contribution >= 0.6 is 0 Å². The van der Waals surface area contributed by atoms with Gasteiger partial charge in [-0.15, -0.1) is 0 Å². The molecule has 3 rings (SSSR count). The van der Waals surface area contributed by atoms with Crippen LogP contribution in [0.4, 0.5) is 0 Å². The Labute approximate surface area is 189 Å². The van der Waals surface area contributed by atoms with Crippen molar-refractivity contribution in [3.63, 3.8) is 0 Å². The van der Waals surface area contributed by atoms with Gasteiger partial charge in [0.15, 0.2) is 0 Å². The maximum Gasteiger partial charge on any atom is 0.334 e. The first-order valence-corrected chi connectivity index (χ1v) is 11.4. The van der Waals surface area contributed by atoms with Crippen LogP contribution in [0.1, 0.15) is 79.6 Å². The first-order chi connectivity index (χ1) is 14.8. The van der Waals surface area contributed by atoms with Crippen LogP contribution in [0.3, 0.4) is 0 Å². The third-order valence-electron chi connectivity index (χ3n) is 7.47. The summed E-state index contributed by atoms with van der Waals surface area (Å²) in [5.74, 6) is -1.74. The number of hydrogen-bond acceptors (Lipinski definition) is 8.